The molecular formula is C15H24N2O3S. The van der Waals surface area contributed by atoms with Crippen LogP contribution in [-0.4, -0.2) is 44.0 Å². The van der Waals surface area contributed by atoms with Gasteiger partial charge in [0.15, 0.2) is 0 Å². The third kappa shape index (κ3) is 5.65. The second-order valence-electron chi connectivity index (χ2n) is 5.54. The predicted molar refractivity (Wildman–Crippen MR) is 84.3 cm³/mol. The average Bonchev–Trinajstić information content (AvgIpc) is 2.72. The molecule has 0 amide bonds. The molecule has 1 heterocycles. The zero-order chi connectivity index (χ0) is 15.1. The van der Waals surface area contributed by atoms with Gasteiger partial charge < -0.3 is 10.2 Å². The van der Waals surface area contributed by atoms with Gasteiger partial charge in [-0.3, -0.25) is 4.55 Å². The minimum absolute atomic E-state index is 0.0717. The van der Waals surface area contributed by atoms with Gasteiger partial charge in [-0.1, -0.05) is 12.8 Å². The minimum Gasteiger partial charge on any atom is -0.385 e. The topological polar surface area (TPSA) is 69.6 Å². The van der Waals surface area contributed by atoms with Crippen LogP contribution in [0.2, 0.25) is 0 Å². The second kappa shape index (κ2) is 7.77. The van der Waals surface area contributed by atoms with Crippen molar-refractivity contribution in [2.45, 2.75) is 37.0 Å². The average molecular weight is 312 g/mol. The monoisotopic (exact) mass is 312 g/mol. The van der Waals surface area contributed by atoms with E-state index in [1.807, 2.05) is 0 Å². The lowest BCUT2D eigenvalue weighted by Gasteiger charge is -2.19. The Labute approximate surface area is 127 Å². The van der Waals surface area contributed by atoms with E-state index in [-0.39, 0.29) is 4.90 Å². The quantitative estimate of drug-likeness (QED) is 0.624. The van der Waals surface area contributed by atoms with E-state index < -0.39 is 10.1 Å². The molecule has 0 spiro atoms. The molecule has 118 valence electrons. The third-order valence-electron chi connectivity index (χ3n) is 3.83. The van der Waals surface area contributed by atoms with Gasteiger partial charge >= 0.3 is 0 Å². The molecule has 0 saturated carbocycles. The van der Waals surface area contributed by atoms with Gasteiger partial charge in [-0.25, -0.2) is 0 Å². The number of benzene rings is 1. The Morgan fingerprint density at radius 1 is 1.05 bits per heavy atom. The zero-order valence-electron chi connectivity index (χ0n) is 12.3. The second-order valence-corrected chi connectivity index (χ2v) is 6.96. The summed E-state index contributed by atoms with van der Waals surface area (Å²) in [6, 6.07) is 6.17. The maximum Gasteiger partial charge on any atom is 0.294 e. The summed E-state index contributed by atoms with van der Waals surface area (Å²) < 4.78 is 30.8. The highest BCUT2D eigenvalue weighted by Gasteiger charge is 2.09. The van der Waals surface area contributed by atoms with Gasteiger partial charge in [-0.15, -0.1) is 0 Å². The first-order valence-corrected chi connectivity index (χ1v) is 9.03. The fourth-order valence-corrected chi connectivity index (χ4v) is 3.12. The Morgan fingerprint density at radius 2 is 1.67 bits per heavy atom. The summed E-state index contributed by atoms with van der Waals surface area (Å²) in [4.78, 5) is 2.45. The summed E-state index contributed by atoms with van der Waals surface area (Å²) in [6.07, 6.45) is 6.40. The third-order valence-corrected chi connectivity index (χ3v) is 4.70. The van der Waals surface area contributed by atoms with Crippen LogP contribution in [0.15, 0.2) is 29.2 Å². The van der Waals surface area contributed by atoms with E-state index in [9.17, 15) is 8.42 Å². The first-order chi connectivity index (χ1) is 10.1. The molecule has 0 aliphatic carbocycles. The van der Waals surface area contributed by atoms with E-state index in [0.717, 1.165) is 25.2 Å². The maximum atomic E-state index is 10.9. The van der Waals surface area contributed by atoms with E-state index in [2.05, 4.69) is 10.2 Å². The molecule has 1 aliphatic heterocycles. The van der Waals surface area contributed by atoms with Crippen molar-refractivity contribution in [3.05, 3.63) is 24.3 Å². The molecule has 2 rings (SSSR count). The summed E-state index contributed by atoms with van der Waals surface area (Å²) in [6.45, 7) is 4.39. The van der Waals surface area contributed by atoms with Crippen molar-refractivity contribution in [3.8, 4) is 0 Å². The van der Waals surface area contributed by atoms with Crippen LogP contribution in [0, 0.1) is 0 Å². The standard InChI is InChI=1S/C15H24N2O3S/c18-21(19,20)15-8-6-14(7-9-15)16-10-5-13-17-11-3-1-2-4-12-17/h6-9,16H,1-5,10-13H2,(H,18,19,20). The molecule has 6 heteroatoms. The molecule has 2 N–H and O–H groups in total. The Bertz CT molecular complexity index is 520. The lowest BCUT2D eigenvalue weighted by molar-refractivity contribution is 0.284. The van der Waals surface area contributed by atoms with E-state index in [0.29, 0.717) is 0 Å². The van der Waals surface area contributed by atoms with E-state index in [1.165, 1.54) is 50.9 Å². The van der Waals surface area contributed by atoms with E-state index in [4.69, 9.17) is 4.55 Å². The van der Waals surface area contributed by atoms with Crippen molar-refractivity contribution in [3.63, 3.8) is 0 Å². The number of likely N-dealkylation sites (tertiary alicyclic amines) is 1. The van der Waals surface area contributed by atoms with E-state index in [1.54, 1.807) is 12.1 Å². The van der Waals surface area contributed by atoms with Crippen molar-refractivity contribution in [2.75, 3.05) is 31.5 Å². The molecule has 0 radical (unpaired) electrons. The van der Waals surface area contributed by atoms with Gasteiger partial charge in [-0.2, -0.15) is 8.42 Å². The van der Waals surface area contributed by atoms with Crippen LogP contribution in [-0.2, 0) is 10.1 Å². The summed E-state index contributed by atoms with van der Waals surface area (Å²) >= 11 is 0. The molecule has 1 aromatic carbocycles. The maximum absolute atomic E-state index is 10.9. The number of nitrogens with zero attached hydrogens (tertiary/aromatic N) is 1. The van der Waals surface area contributed by atoms with Crippen molar-refractivity contribution < 1.29 is 13.0 Å². The van der Waals surface area contributed by atoms with Crippen LogP contribution in [0.25, 0.3) is 0 Å². The number of anilines is 1. The molecule has 0 aromatic heterocycles. The largest absolute Gasteiger partial charge is 0.385 e. The highest BCUT2D eigenvalue weighted by atomic mass is 32.2. The van der Waals surface area contributed by atoms with Gasteiger partial charge in [0.25, 0.3) is 10.1 Å². The Hall–Kier alpha value is -1.11. The van der Waals surface area contributed by atoms with Crippen LogP contribution < -0.4 is 5.32 Å². The lowest BCUT2D eigenvalue weighted by Crippen LogP contribution is -2.27. The van der Waals surface area contributed by atoms with Gasteiger partial charge in [-0.05, 0) is 63.2 Å². The van der Waals surface area contributed by atoms with Gasteiger partial charge in [0.1, 0.15) is 0 Å². The first-order valence-electron chi connectivity index (χ1n) is 7.59. The van der Waals surface area contributed by atoms with Gasteiger partial charge in [0.2, 0.25) is 0 Å². The molecule has 21 heavy (non-hydrogen) atoms. The predicted octanol–water partition coefficient (Wildman–Crippen LogP) is 2.61. The number of nitrogens with one attached hydrogen (secondary N) is 1. The summed E-state index contributed by atoms with van der Waals surface area (Å²) in [5, 5.41) is 3.28. The molecule has 0 bridgehead atoms. The van der Waals surface area contributed by atoms with Crippen LogP contribution in [0.3, 0.4) is 0 Å². The highest BCUT2D eigenvalue weighted by Crippen LogP contribution is 2.14. The molecule has 1 aliphatic rings. The van der Waals surface area contributed by atoms with E-state index >= 15 is 0 Å². The fourth-order valence-electron chi connectivity index (χ4n) is 2.64. The number of hydrogen-bond donors (Lipinski definition) is 2. The number of rotatable bonds is 6. The molecule has 1 aromatic rings. The normalized spacial score (nSPS) is 17.4. The molecular weight excluding hydrogens is 288 g/mol. The molecule has 0 unspecified atom stereocenters. The van der Waals surface area contributed by atoms with Crippen molar-refractivity contribution in [2.24, 2.45) is 0 Å². The lowest BCUT2D eigenvalue weighted by atomic mass is 10.2. The summed E-state index contributed by atoms with van der Waals surface area (Å²) in [5.74, 6) is 0. The molecule has 5 nitrogen and oxygen atoms in total. The van der Waals surface area contributed by atoms with Crippen LogP contribution in [0.1, 0.15) is 32.1 Å². The van der Waals surface area contributed by atoms with Crippen LogP contribution in [0.4, 0.5) is 5.69 Å². The smallest absolute Gasteiger partial charge is 0.294 e. The highest BCUT2D eigenvalue weighted by molar-refractivity contribution is 7.85. The Morgan fingerprint density at radius 3 is 2.24 bits per heavy atom. The summed E-state index contributed by atoms with van der Waals surface area (Å²) in [5.41, 5.74) is 0.873. The molecule has 0 atom stereocenters. The van der Waals surface area contributed by atoms with Crippen LogP contribution >= 0.6 is 0 Å². The number of hydrogen-bond acceptors (Lipinski definition) is 4. The van der Waals surface area contributed by atoms with Gasteiger partial charge in [0.05, 0.1) is 4.90 Å². The Kier molecular flexibility index (Phi) is 6.02. The van der Waals surface area contributed by atoms with Crippen LogP contribution in [0.5, 0.6) is 0 Å². The van der Waals surface area contributed by atoms with Crippen molar-refractivity contribution >= 4 is 15.8 Å². The molecule has 1 saturated heterocycles. The van der Waals surface area contributed by atoms with Gasteiger partial charge in [0, 0.05) is 12.2 Å². The fraction of sp³-hybridized carbons (Fsp3) is 0.600. The van der Waals surface area contributed by atoms with Crippen molar-refractivity contribution in [1.82, 2.24) is 4.90 Å². The zero-order valence-corrected chi connectivity index (χ0v) is 13.1. The first kappa shape index (κ1) is 16.3. The SMILES string of the molecule is O=S(=O)(O)c1ccc(NCCCN2CCCCCC2)cc1. The van der Waals surface area contributed by atoms with Crippen molar-refractivity contribution in [1.29, 1.82) is 0 Å². The summed E-state index contributed by atoms with van der Waals surface area (Å²) in [7, 11) is -4.10. The Balaban J connectivity index is 1.71. The molecule has 1 fully saturated rings. The minimum atomic E-state index is -4.10.